The summed E-state index contributed by atoms with van der Waals surface area (Å²) in [5, 5.41) is 2.73. The van der Waals surface area contributed by atoms with E-state index in [2.05, 4.69) is 26.2 Å². The molecule has 0 bridgehead atoms. The molecule has 0 aromatic heterocycles. The first-order valence-electron chi connectivity index (χ1n) is 6.89. The van der Waals surface area contributed by atoms with Crippen LogP contribution in [-0.2, 0) is 15.1 Å². The average molecular weight is 353 g/mol. The fourth-order valence-electron chi connectivity index (χ4n) is 2.92. The molecule has 5 nitrogen and oxygen atoms in total. The minimum absolute atomic E-state index is 0.165. The Morgan fingerprint density at radius 1 is 1.48 bits per heavy atom. The van der Waals surface area contributed by atoms with Gasteiger partial charge in [0.25, 0.3) is 11.9 Å². The van der Waals surface area contributed by atoms with E-state index in [1.54, 1.807) is 0 Å². The number of amides is 1. The predicted molar refractivity (Wildman–Crippen MR) is 82.3 cm³/mol. The van der Waals surface area contributed by atoms with Crippen LogP contribution >= 0.6 is 15.9 Å². The number of amidine groups is 1. The molecule has 0 fully saturated rings. The zero-order valence-electron chi connectivity index (χ0n) is 12.2. The number of nitrogens with one attached hydrogen (secondary N) is 1. The Labute approximate surface area is 131 Å². The molecule has 0 saturated heterocycles. The van der Waals surface area contributed by atoms with Gasteiger partial charge in [0, 0.05) is 16.5 Å². The highest BCUT2D eigenvalue weighted by molar-refractivity contribution is 9.10. The molecule has 0 aliphatic carbocycles. The molecule has 1 unspecified atom stereocenters. The Morgan fingerprint density at radius 2 is 2.24 bits per heavy atom. The SMILES string of the molecule is CCOC1=NC2(CC(C)(C)Oc3ccc(Br)cc32)C(=O)N1. The summed E-state index contributed by atoms with van der Waals surface area (Å²) in [5.74, 6) is 0.521. The molecule has 112 valence electrons. The second-order valence-electron chi connectivity index (χ2n) is 5.84. The van der Waals surface area contributed by atoms with Gasteiger partial charge in [0.05, 0.1) is 6.61 Å². The van der Waals surface area contributed by atoms with Gasteiger partial charge in [0.15, 0.2) is 5.54 Å². The standard InChI is InChI=1S/C15H17BrN2O3/c1-4-20-13-17-12(19)15(18-13)8-14(2,3)21-11-6-5-9(16)7-10(11)15/h5-7H,4,8H2,1-3H3,(H,17,18,19). The molecule has 3 rings (SSSR count). The van der Waals surface area contributed by atoms with Crippen molar-refractivity contribution in [2.24, 2.45) is 4.99 Å². The Kier molecular flexibility index (Phi) is 3.24. The van der Waals surface area contributed by atoms with Gasteiger partial charge in [0.2, 0.25) is 0 Å². The summed E-state index contributed by atoms with van der Waals surface area (Å²) in [4.78, 5) is 17.2. The van der Waals surface area contributed by atoms with Crippen LogP contribution in [0.15, 0.2) is 27.7 Å². The van der Waals surface area contributed by atoms with E-state index in [0.29, 0.717) is 18.8 Å². The van der Waals surface area contributed by atoms with Crippen molar-refractivity contribution in [3.05, 3.63) is 28.2 Å². The molecule has 1 aromatic rings. The summed E-state index contributed by atoms with van der Waals surface area (Å²) in [6.45, 7) is 6.24. The maximum absolute atomic E-state index is 12.6. The van der Waals surface area contributed by atoms with Gasteiger partial charge < -0.3 is 9.47 Å². The first-order chi connectivity index (χ1) is 9.86. The summed E-state index contributed by atoms with van der Waals surface area (Å²) in [7, 11) is 0. The summed E-state index contributed by atoms with van der Waals surface area (Å²) >= 11 is 3.45. The van der Waals surface area contributed by atoms with Crippen molar-refractivity contribution in [3.63, 3.8) is 0 Å². The zero-order chi connectivity index (χ0) is 15.3. The fourth-order valence-corrected chi connectivity index (χ4v) is 3.28. The molecule has 1 aromatic carbocycles. The van der Waals surface area contributed by atoms with Gasteiger partial charge in [0.1, 0.15) is 11.4 Å². The van der Waals surface area contributed by atoms with Gasteiger partial charge in [-0.3, -0.25) is 10.1 Å². The molecular weight excluding hydrogens is 336 g/mol. The number of halogens is 1. The molecule has 0 radical (unpaired) electrons. The van der Waals surface area contributed by atoms with Gasteiger partial charge in [-0.05, 0) is 39.0 Å². The molecule has 1 N–H and O–H groups in total. The van der Waals surface area contributed by atoms with E-state index >= 15 is 0 Å². The van der Waals surface area contributed by atoms with Crippen molar-refractivity contribution in [2.45, 2.75) is 38.3 Å². The van der Waals surface area contributed by atoms with E-state index < -0.39 is 11.1 Å². The van der Waals surface area contributed by atoms with Crippen molar-refractivity contribution in [1.29, 1.82) is 0 Å². The summed E-state index contributed by atoms with van der Waals surface area (Å²) in [6, 6.07) is 5.94. The number of aliphatic imine (C=N–C) groups is 1. The van der Waals surface area contributed by atoms with Crippen LogP contribution < -0.4 is 10.1 Å². The maximum Gasteiger partial charge on any atom is 0.292 e. The third-order valence-electron chi connectivity index (χ3n) is 3.62. The van der Waals surface area contributed by atoms with Gasteiger partial charge in [-0.25, -0.2) is 4.99 Å². The van der Waals surface area contributed by atoms with Gasteiger partial charge in [-0.15, -0.1) is 0 Å². The number of hydrogen-bond acceptors (Lipinski definition) is 4. The summed E-state index contributed by atoms with van der Waals surface area (Å²) in [5.41, 5.74) is -0.697. The topological polar surface area (TPSA) is 59.9 Å². The van der Waals surface area contributed by atoms with Crippen LogP contribution in [-0.4, -0.2) is 24.1 Å². The molecular formula is C15H17BrN2O3. The van der Waals surface area contributed by atoms with E-state index in [1.807, 2.05) is 39.0 Å². The number of ether oxygens (including phenoxy) is 2. The van der Waals surface area contributed by atoms with E-state index in [-0.39, 0.29) is 11.9 Å². The Morgan fingerprint density at radius 3 is 2.95 bits per heavy atom. The van der Waals surface area contributed by atoms with Crippen molar-refractivity contribution in [1.82, 2.24) is 5.32 Å². The van der Waals surface area contributed by atoms with E-state index in [0.717, 1.165) is 10.0 Å². The number of nitrogens with zero attached hydrogens (tertiary/aromatic N) is 1. The average Bonchev–Trinajstić information content (AvgIpc) is 2.67. The highest BCUT2D eigenvalue weighted by Crippen LogP contribution is 2.48. The number of carbonyl (C=O) groups is 1. The van der Waals surface area contributed by atoms with E-state index in [4.69, 9.17) is 9.47 Å². The lowest BCUT2D eigenvalue weighted by Gasteiger charge is -2.40. The summed E-state index contributed by atoms with van der Waals surface area (Å²) in [6.07, 6.45) is 0.464. The monoisotopic (exact) mass is 352 g/mol. The van der Waals surface area contributed by atoms with Crippen molar-refractivity contribution >= 4 is 27.9 Å². The van der Waals surface area contributed by atoms with Crippen LogP contribution in [0.25, 0.3) is 0 Å². The number of rotatable bonds is 1. The fraction of sp³-hybridized carbons (Fsp3) is 0.467. The molecule has 2 aliphatic rings. The lowest BCUT2D eigenvalue weighted by Crippen LogP contribution is -2.48. The second-order valence-corrected chi connectivity index (χ2v) is 6.76. The molecule has 1 amide bonds. The molecule has 1 spiro atoms. The third kappa shape index (κ3) is 2.31. The number of benzene rings is 1. The minimum atomic E-state index is -0.981. The first-order valence-corrected chi connectivity index (χ1v) is 7.69. The second kappa shape index (κ2) is 4.73. The lowest BCUT2D eigenvalue weighted by molar-refractivity contribution is -0.127. The maximum atomic E-state index is 12.6. The van der Waals surface area contributed by atoms with Crippen molar-refractivity contribution in [3.8, 4) is 5.75 Å². The molecule has 2 heterocycles. The predicted octanol–water partition coefficient (Wildman–Crippen LogP) is 2.73. The summed E-state index contributed by atoms with van der Waals surface area (Å²) < 4.78 is 12.3. The van der Waals surface area contributed by atoms with Gasteiger partial charge in [-0.2, -0.15) is 0 Å². The van der Waals surface area contributed by atoms with Crippen LogP contribution in [0, 0.1) is 0 Å². The van der Waals surface area contributed by atoms with Crippen LogP contribution in [0.4, 0.5) is 0 Å². The smallest absolute Gasteiger partial charge is 0.292 e. The van der Waals surface area contributed by atoms with Crippen LogP contribution in [0.3, 0.4) is 0 Å². The number of hydrogen-bond donors (Lipinski definition) is 1. The lowest BCUT2D eigenvalue weighted by atomic mass is 9.78. The van der Waals surface area contributed by atoms with Crippen LogP contribution in [0.5, 0.6) is 5.75 Å². The zero-order valence-corrected chi connectivity index (χ0v) is 13.8. The molecule has 6 heteroatoms. The van der Waals surface area contributed by atoms with Crippen LogP contribution in [0.1, 0.15) is 32.8 Å². The first kappa shape index (κ1) is 14.4. The molecule has 2 aliphatic heterocycles. The van der Waals surface area contributed by atoms with Gasteiger partial charge >= 0.3 is 0 Å². The minimum Gasteiger partial charge on any atom is -0.487 e. The number of carbonyl (C=O) groups excluding carboxylic acids is 1. The molecule has 1 atom stereocenters. The van der Waals surface area contributed by atoms with Crippen molar-refractivity contribution < 1.29 is 14.3 Å². The highest BCUT2D eigenvalue weighted by atomic mass is 79.9. The molecule has 0 saturated carbocycles. The van der Waals surface area contributed by atoms with E-state index in [9.17, 15) is 4.79 Å². The number of fused-ring (bicyclic) bond motifs is 2. The van der Waals surface area contributed by atoms with Crippen molar-refractivity contribution in [2.75, 3.05) is 6.61 Å². The Balaban J connectivity index is 2.18. The molecule has 21 heavy (non-hydrogen) atoms. The Bertz CT molecular complexity index is 642. The van der Waals surface area contributed by atoms with E-state index in [1.165, 1.54) is 0 Å². The third-order valence-corrected chi connectivity index (χ3v) is 4.12. The largest absolute Gasteiger partial charge is 0.487 e. The highest BCUT2D eigenvalue weighted by Gasteiger charge is 2.54. The van der Waals surface area contributed by atoms with Gasteiger partial charge in [-0.1, -0.05) is 15.9 Å². The van der Waals surface area contributed by atoms with Crippen LogP contribution in [0.2, 0.25) is 0 Å². The Hall–Kier alpha value is -1.56. The normalized spacial score (nSPS) is 25.9. The quantitative estimate of drug-likeness (QED) is 0.845.